The number of hydrogen-bond donors (Lipinski definition) is 1. The van der Waals surface area contributed by atoms with E-state index < -0.39 is 0 Å². The summed E-state index contributed by atoms with van der Waals surface area (Å²) in [7, 11) is 1.50. The summed E-state index contributed by atoms with van der Waals surface area (Å²) in [5.41, 5.74) is 1.06. The molecule has 1 fully saturated rings. The van der Waals surface area contributed by atoms with Gasteiger partial charge in [0.2, 0.25) is 0 Å². The quantitative estimate of drug-likeness (QED) is 0.867. The third kappa shape index (κ3) is 3.86. The van der Waals surface area contributed by atoms with E-state index in [0.717, 1.165) is 30.7 Å². The van der Waals surface area contributed by atoms with Crippen molar-refractivity contribution in [1.82, 2.24) is 5.32 Å². The van der Waals surface area contributed by atoms with Gasteiger partial charge < -0.3 is 10.1 Å². The molecular formula is C15H22FNOS. The number of halogens is 1. The second-order valence-corrected chi connectivity index (χ2v) is 6.11. The number of thioether (sulfide) groups is 1. The summed E-state index contributed by atoms with van der Waals surface area (Å²) >= 11 is 1.99. The molecule has 0 bridgehead atoms. The minimum atomic E-state index is -0.260. The molecule has 0 saturated carbocycles. The van der Waals surface area contributed by atoms with Crippen molar-refractivity contribution in [3.8, 4) is 5.75 Å². The summed E-state index contributed by atoms with van der Waals surface area (Å²) in [5.74, 6) is 3.00. The standard InChI is InChI=1S/C15H22FNOS/c1-3-6-17-14-10-19-9-12(14)7-11-4-5-15(18-2)13(16)8-11/h4-5,8,12,14,17H,3,6-7,9-10H2,1-2H3. The van der Waals surface area contributed by atoms with E-state index in [2.05, 4.69) is 12.2 Å². The van der Waals surface area contributed by atoms with Crippen LogP contribution in [0.25, 0.3) is 0 Å². The highest BCUT2D eigenvalue weighted by atomic mass is 32.2. The molecule has 2 rings (SSSR count). The molecule has 4 heteroatoms. The second-order valence-electron chi connectivity index (χ2n) is 5.03. The number of ether oxygens (including phenoxy) is 1. The Labute approximate surface area is 119 Å². The highest BCUT2D eigenvalue weighted by molar-refractivity contribution is 7.99. The van der Waals surface area contributed by atoms with Crippen molar-refractivity contribution < 1.29 is 9.13 Å². The van der Waals surface area contributed by atoms with Gasteiger partial charge in [-0.2, -0.15) is 11.8 Å². The van der Waals surface area contributed by atoms with Crippen molar-refractivity contribution in [1.29, 1.82) is 0 Å². The first-order valence-corrected chi connectivity index (χ1v) is 8.03. The average Bonchev–Trinajstić information content (AvgIpc) is 2.84. The summed E-state index contributed by atoms with van der Waals surface area (Å²) in [5, 5.41) is 3.60. The Bertz CT molecular complexity index is 413. The third-order valence-electron chi connectivity index (χ3n) is 3.57. The zero-order chi connectivity index (χ0) is 13.7. The number of nitrogens with one attached hydrogen (secondary N) is 1. The molecule has 106 valence electrons. The molecule has 1 saturated heterocycles. The molecule has 1 aromatic carbocycles. The number of benzene rings is 1. The van der Waals surface area contributed by atoms with Gasteiger partial charge in [0.25, 0.3) is 0 Å². The Morgan fingerprint density at radius 3 is 2.95 bits per heavy atom. The van der Waals surface area contributed by atoms with E-state index in [1.807, 2.05) is 17.8 Å². The van der Waals surface area contributed by atoms with Gasteiger partial charge in [-0.05, 0) is 48.8 Å². The maximum Gasteiger partial charge on any atom is 0.165 e. The molecular weight excluding hydrogens is 261 g/mol. The van der Waals surface area contributed by atoms with Crippen LogP contribution in [0.3, 0.4) is 0 Å². The Morgan fingerprint density at radius 1 is 1.42 bits per heavy atom. The van der Waals surface area contributed by atoms with Gasteiger partial charge in [0.15, 0.2) is 11.6 Å². The summed E-state index contributed by atoms with van der Waals surface area (Å²) in [6.07, 6.45) is 2.10. The van der Waals surface area contributed by atoms with Gasteiger partial charge in [-0.15, -0.1) is 0 Å². The lowest BCUT2D eigenvalue weighted by atomic mass is 9.94. The molecule has 0 aliphatic carbocycles. The highest BCUT2D eigenvalue weighted by Gasteiger charge is 2.27. The van der Waals surface area contributed by atoms with Gasteiger partial charge in [0.05, 0.1) is 7.11 Å². The largest absolute Gasteiger partial charge is 0.494 e. The second kappa shape index (κ2) is 7.15. The van der Waals surface area contributed by atoms with Crippen molar-refractivity contribution in [2.24, 2.45) is 5.92 Å². The smallest absolute Gasteiger partial charge is 0.165 e. The SMILES string of the molecule is CCCNC1CSCC1Cc1ccc(OC)c(F)c1. The molecule has 1 heterocycles. The fourth-order valence-electron chi connectivity index (χ4n) is 2.49. The van der Waals surface area contributed by atoms with Crippen molar-refractivity contribution >= 4 is 11.8 Å². The van der Waals surface area contributed by atoms with Gasteiger partial charge >= 0.3 is 0 Å². The highest BCUT2D eigenvalue weighted by Crippen LogP contribution is 2.28. The van der Waals surface area contributed by atoms with Gasteiger partial charge in [-0.3, -0.25) is 0 Å². The topological polar surface area (TPSA) is 21.3 Å². The molecule has 1 aliphatic heterocycles. The van der Waals surface area contributed by atoms with Crippen LogP contribution in [-0.2, 0) is 6.42 Å². The lowest BCUT2D eigenvalue weighted by Gasteiger charge is -2.20. The lowest BCUT2D eigenvalue weighted by molar-refractivity contribution is 0.385. The molecule has 0 aromatic heterocycles. The predicted molar refractivity (Wildman–Crippen MR) is 79.6 cm³/mol. The molecule has 1 N–H and O–H groups in total. The third-order valence-corrected chi connectivity index (χ3v) is 4.83. The van der Waals surface area contributed by atoms with Crippen molar-refractivity contribution in [2.45, 2.75) is 25.8 Å². The van der Waals surface area contributed by atoms with E-state index in [0.29, 0.717) is 17.7 Å². The molecule has 2 unspecified atom stereocenters. The van der Waals surface area contributed by atoms with Gasteiger partial charge in [-0.1, -0.05) is 13.0 Å². The lowest BCUT2D eigenvalue weighted by Crippen LogP contribution is -2.36. The monoisotopic (exact) mass is 283 g/mol. The van der Waals surface area contributed by atoms with Gasteiger partial charge in [-0.25, -0.2) is 4.39 Å². The molecule has 0 radical (unpaired) electrons. The zero-order valence-electron chi connectivity index (χ0n) is 11.6. The fraction of sp³-hybridized carbons (Fsp3) is 0.600. The Hall–Kier alpha value is -0.740. The zero-order valence-corrected chi connectivity index (χ0v) is 12.4. The van der Waals surface area contributed by atoms with Gasteiger partial charge in [0.1, 0.15) is 0 Å². The maximum absolute atomic E-state index is 13.7. The van der Waals surface area contributed by atoms with Crippen LogP contribution in [0.2, 0.25) is 0 Å². The van der Waals surface area contributed by atoms with E-state index in [4.69, 9.17) is 4.74 Å². The first-order valence-electron chi connectivity index (χ1n) is 6.88. The van der Waals surface area contributed by atoms with Crippen molar-refractivity contribution in [3.63, 3.8) is 0 Å². The van der Waals surface area contributed by atoms with Crippen LogP contribution in [0.1, 0.15) is 18.9 Å². The average molecular weight is 283 g/mol. The van der Waals surface area contributed by atoms with Crippen LogP contribution in [0.5, 0.6) is 5.75 Å². The fourth-order valence-corrected chi connectivity index (χ4v) is 3.93. The van der Waals surface area contributed by atoms with E-state index in [1.54, 1.807) is 12.1 Å². The summed E-state index contributed by atoms with van der Waals surface area (Å²) < 4.78 is 18.6. The van der Waals surface area contributed by atoms with E-state index >= 15 is 0 Å². The van der Waals surface area contributed by atoms with Crippen molar-refractivity contribution in [2.75, 3.05) is 25.2 Å². The van der Waals surface area contributed by atoms with Crippen LogP contribution in [0.15, 0.2) is 18.2 Å². The molecule has 2 atom stereocenters. The molecule has 1 aromatic rings. The molecule has 2 nitrogen and oxygen atoms in total. The first-order chi connectivity index (χ1) is 9.24. The molecule has 0 spiro atoms. The minimum Gasteiger partial charge on any atom is -0.494 e. The Kier molecular flexibility index (Phi) is 5.52. The summed E-state index contributed by atoms with van der Waals surface area (Å²) in [4.78, 5) is 0. The van der Waals surface area contributed by atoms with Crippen LogP contribution >= 0.6 is 11.8 Å². The van der Waals surface area contributed by atoms with E-state index in [9.17, 15) is 4.39 Å². The van der Waals surface area contributed by atoms with Crippen LogP contribution < -0.4 is 10.1 Å². The minimum absolute atomic E-state index is 0.260. The normalized spacial score (nSPS) is 22.7. The summed E-state index contributed by atoms with van der Waals surface area (Å²) in [6, 6.07) is 5.87. The van der Waals surface area contributed by atoms with E-state index in [1.165, 1.54) is 12.9 Å². The number of rotatable bonds is 6. The van der Waals surface area contributed by atoms with Crippen LogP contribution in [0.4, 0.5) is 4.39 Å². The molecule has 19 heavy (non-hydrogen) atoms. The van der Waals surface area contributed by atoms with Crippen LogP contribution in [-0.4, -0.2) is 31.2 Å². The molecule has 0 amide bonds. The van der Waals surface area contributed by atoms with Crippen LogP contribution in [0, 0.1) is 11.7 Å². The van der Waals surface area contributed by atoms with Gasteiger partial charge in [0, 0.05) is 11.8 Å². The Morgan fingerprint density at radius 2 is 2.26 bits per heavy atom. The number of methoxy groups -OCH3 is 1. The predicted octanol–water partition coefficient (Wildman–Crippen LogP) is 3.11. The van der Waals surface area contributed by atoms with E-state index in [-0.39, 0.29) is 5.82 Å². The first kappa shape index (κ1) is 14.7. The molecule has 1 aliphatic rings. The Balaban J connectivity index is 1.97. The summed E-state index contributed by atoms with van der Waals surface area (Å²) in [6.45, 7) is 3.25. The number of hydrogen-bond acceptors (Lipinski definition) is 3. The maximum atomic E-state index is 13.7. The van der Waals surface area contributed by atoms with Crippen molar-refractivity contribution in [3.05, 3.63) is 29.6 Å².